The van der Waals surface area contributed by atoms with Gasteiger partial charge < -0.3 is 9.97 Å². The molecule has 0 radical (unpaired) electrons. The van der Waals surface area contributed by atoms with Crippen molar-refractivity contribution in [2.75, 3.05) is 0 Å². The van der Waals surface area contributed by atoms with Crippen molar-refractivity contribution in [1.29, 1.82) is 0 Å². The molecule has 0 aliphatic carbocycles. The van der Waals surface area contributed by atoms with E-state index in [9.17, 15) is 158 Å². The molecule has 0 unspecified atom stereocenters. The minimum absolute atomic E-state index is 0.432. The Morgan fingerprint density at radius 1 is 0.136 bits per heavy atom. The highest BCUT2D eigenvalue weighted by Crippen LogP contribution is 2.73. The number of aromatic amines is 2. The molecule has 5 heterocycles. The Bertz CT molecular complexity index is 5820. The molecule has 0 fully saturated rings. The van der Waals surface area contributed by atoms with E-state index in [1.54, 1.807) is 9.97 Å². The number of alkyl halides is 68. The normalized spacial score (nSPS) is 16.1. The third kappa shape index (κ3) is 14.1. The number of hydrogen-bond donors (Lipinski definition) is 2. The van der Waals surface area contributed by atoms with Crippen molar-refractivity contribution in [3.05, 3.63) is 119 Å². The minimum atomic E-state index is -9.53. The zero-order valence-electron chi connectivity index (χ0n) is 62.8. The quantitative estimate of drug-likeness (QED) is 0.0480. The third-order valence-electron chi connectivity index (χ3n) is 20.8. The number of halogens is 68. The molecule has 2 aliphatic heterocycles. The van der Waals surface area contributed by atoms with Crippen LogP contribution >= 0.6 is 0 Å². The second kappa shape index (κ2) is 30.7. The molecule has 0 saturated carbocycles. The van der Waals surface area contributed by atoms with E-state index in [2.05, 4.69) is 9.97 Å². The topological polar surface area (TPSA) is 57.4 Å². The van der Waals surface area contributed by atoms with Crippen molar-refractivity contribution in [1.82, 2.24) is 19.9 Å². The van der Waals surface area contributed by atoms with Crippen LogP contribution < -0.4 is 0 Å². The summed E-state index contributed by atoms with van der Waals surface area (Å²) in [6.07, 6.45) is -33.7. The van der Waals surface area contributed by atoms with E-state index < -0.39 is 398 Å². The highest BCUT2D eigenvalue weighted by molar-refractivity contribution is 6.11. The Hall–Kier alpha value is -10.2. The van der Waals surface area contributed by atoms with Gasteiger partial charge in [-0.2, -0.15) is 299 Å². The number of benzene rings is 4. The fraction of sp³-hybridized carbons (Fsp3) is 0.471. The number of fused-ring (bicyclic) bond motifs is 20. The summed E-state index contributed by atoms with van der Waals surface area (Å²) in [5.74, 6) is -254. The largest absolute Gasteiger partial charge is 0.460 e. The van der Waals surface area contributed by atoms with Crippen molar-refractivity contribution in [3.63, 3.8) is 0 Å². The average molecular weight is 2180 g/mol. The minimum Gasteiger partial charge on any atom is -0.354 e. The van der Waals surface area contributed by atoms with Crippen molar-refractivity contribution < 1.29 is 299 Å². The van der Waals surface area contributed by atoms with Crippen LogP contribution in [0.15, 0.2) is 97.1 Å². The summed E-state index contributed by atoms with van der Waals surface area (Å²) >= 11 is 0. The van der Waals surface area contributed by atoms with E-state index in [0.717, 1.165) is 0 Å². The average Bonchev–Trinajstić information content (AvgIpc) is 0.759. The van der Waals surface area contributed by atoms with E-state index in [0.29, 0.717) is 0 Å². The predicted molar refractivity (Wildman–Crippen MR) is 323 cm³/mol. The van der Waals surface area contributed by atoms with Gasteiger partial charge in [-0.3, -0.25) is 0 Å². The van der Waals surface area contributed by atoms with Gasteiger partial charge in [0.25, 0.3) is 0 Å². The van der Waals surface area contributed by atoms with Crippen LogP contribution in [0.2, 0.25) is 0 Å². The van der Waals surface area contributed by atoms with Crippen LogP contribution in [-0.2, 0) is 23.7 Å². The van der Waals surface area contributed by atoms with Gasteiger partial charge in [-0.15, -0.1) is 0 Å². The molecule has 0 saturated heterocycles. The van der Waals surface area contributed by atoms with Crippen LogP contribution in [0.1, 0.15) is 22.3 Å². The summed E-state index contributed by atoms with van der Waals surface area (Å²) in [7, 11) is 0. The van der Waals surface area contributed by atoms with Crippen molar-refractivity contribution in [2.24, 2.45) is 0 Å². The van der Waals surface area contributed by atoms with Gasteiger partial charge in [0.1, 0.15) is 0 Å². The molecule has 7 aromatic rings. The first kappa shape index (κ1) is 113. The van der Waals surface area contributed by atoms with Crippen molar-refractivity contribution >= 4 is 43.6 Å². The molecule has 0 spiro atoms. The van der Waals surface area contributed by atoms with Crippen LogP contribution in [0.3, 0.4) is 0 Å². The standard InChI is InChI=1S/C68H18F68N4/c69-37(70,41(77,78)45(85,86)49(93,94)53(101,102)57(109,110)61(117,118)65(125,126)127)17-1-5-21-25(9-17)33-14-30-23-7-3-19(39(73,74)43(81,82)47(89,90)51(97,98)55(105,106)59(113,114)63(121,122)67(131,132)133)11-27(23)35(139-30)16-32-24-8-4-20(40(75,76)44(83,84)48(91,92)52(99,100)56(107,108)60(115,116)64(123,124)68(134,135)136)12-28(24)36(140-32)15-31-22-6-2-18(10-26(22)34(138-31)13-29(21)137-33)38(71,72)42(79,80)46(87,88)50(95,96)54(103,104)58(111,112)62(119,120)66(128,129)130/h1-16,137,140H. The summed E-state index contributed by atoms with van der Waals surface area (Å²) in [5, 5.41) is -7.75. The predicted octanol–water partition coefficient (Wildman–Crippen LogP) is 31.2. The third-order valence-corrected chi connectivity index (χ3v) is 20.8. The molecule has 72 heteroatoms. The molecule has 0 atom stereocenters. The molecule has 786 valence electrons. The maximum atomic E-state index is 16.4. The fourth-order valence-electron chi connectivity index (χ4n) is 12.6. The summed E-state index contributed by atoms with van der Waals surface area (Å²) in [4.78, 5) is 9.90. The molecule has 0 amide bonds. The summed E-state index contributed by atoms with van der Waals surface area (Å²) in [5.41, 5.74) is -37.5. The van der Waals surface area contributed by atoms with E-state index >= 15 is 140 Å². The second-order valence-corrected chi connectivity index (χ2v) is 29.4. The maximum Gasteiger partial charge on any atom is 0.460 e. The van der Waals surface area contributed by atoms with Gasteiger partial charge in [0.05, 0.1) is 22.8 Å². The van der Waals surface area contributed by atoms with Crippen molar-refractivity contribution in [3.8, 4) is 45.0 Å². The number of nitrogens with one attached hydrogen (secondary N) is 2. The van der Waals surface area contributed by atoms with Gasteiger partial charge in [0.15, 0.2) is 0 Å². The molecule has 9 rings (SSSR count). The van der Waals surface area contributed by atoms with Gasteiger partial charge in [-0.25, -0.2) is 9.97 Å². The van der Waals surface area contributed by atoms with Gasteiger partial charge in [0, 0.05) is 88.1 Å². The molecule has 4 nitrogen and oxygen atoms in total. The number of H-pyrrole nitrogens is 2. The highest BCUT2D eigenvalue weighted by Gasteiger charge is 3.01. The first-order valence-electron chi connectivity index (χ1n) is 34.0. The van der Waals surface area contributed by atoms with Gasteiger partial charge in [-0.05, 0) is 48.5 Å². The second-order valence-electron chi connectivity index (χ2n) is 29.4. The van der Waals surface area contributed by atoms with Crippen molar-refractivity contribution in [2.45, 2.75) is 191 Å². The van der Waals surface area contributed by atoms with E-state index in [-0.39, 0.29) is 0 Å². The molecular weight excluding hydrogens is 2160 g/mol. The van der Waals surface area contributed by atoms with Gasteiger partial charge >= 0.3 is 191 Å². The number of rotatable bonds is 28. The Kier molecular flexibility index (Phi) is 24.8. The Morgan fingerprint density at radius 3 is 0.457 bits per heavy atom. The molecule has 8 bridgehead atoms. The lowest BCUT2D eigenvalue weighted by Crippen LogP contribution is -2.74. The molecule has 3 aromatic heterocycles. The fourth-order valence-corrected chi connectivity index (χ4v) is 12.6. The zero-order chi connectivity index (χ0) is 110. The molecule has 2 N–H and O–H groups in total. The lowest BCUT2D eigenvalue weighted by molar-refractivity contribution is -0.462. The first-order chi connectivity index (χ1) is 61.2. The molecular formula is C68H18F68N4. The molecule has 140 heavy (non-hydrogen) atoms. The summed E-state index contributed by atoms with van der Waals surface area (Å²) < 4.78 is 997. The Labute approximate surface area is 716 Å². The number of nitrogens with zero attached hydrogens (tertiary/aromatic N) is 2. The molecule has 2 aliphatic rings. The van der Waals surface area contributed by atoms with Crippen LogP contribution in [-0.4, -0.2) is 187 Å². The Morgan fingerprint density at radius 2 is 0.279 bits per heavy atom. The van der Waals surface area contributed by atoms with Crippen LogP contribution in [0, 0.1) is 0 Å². The first-order valence-corrected chi connectivity index (χ1v) is 34.0. The lowest BCUT2D eigenvalue weighted by Gasteiger charge is -2.42. The Balaban J connectivity index is 1.46. The smallest absolute Gasteiger partial charge is 0.354 e. The summed E-state index contributed by atoms with van der Waals surface area (Å²) in [6.45, 7) is 0. The van der Waals surface area contributed by atoms with E-state index in [1.807, 2.05) is 0 Å². The SMILES string of the molecule is FC(F)(F)C(F)(F)C(F)(F)C(F)(F)C(F)(F)C(F)(F)C(F)(F)C(F)(F)c1ccc2c(c1)-c1cc3[nH]c(cc4nc(cc5[nH]c(cc-2n1)c1cc(C(F)(F)C(F)(F)C(F)(F)C(F)(F)C(F)(F)C(F)(F)C(F)(F)C(F)(F)F)ccc51)-c1cc(C(F)(F)C(F)(F)C(F)(F)C(F)(F)C(F)(F)C(F)(F)C(F)(F)C(F)(F)F)ccc1-4)c1cc(C(F)(F)C(F)(F)C(F)(F)C(F)(F)C(F)(F)C(F)(F)C(F)(F)C(F)(F)F)ccc31. The van der Waals surface area contributed by atoms with E-state index in [1.165, 1.54) is 0 Å². The van der Waals surface area contributed by atoms with Crippen LogP contribution in [0.4, 0.5) is 299 Å². The van der Waals surface area contributed by atoms with Gasteiger partial charge in [0.2, 0.25) is 0 Å². The van der Waals surface area contributed by atoms with Gasteiger partial charge in [-0.1, -0.05) is 48.5 Å². The number of aromatic nitrogens is 4. The van der Waals surface area contributed by atoms with Crippen LogP contribution in [0.5, 0.6) is 0 Å². The monoisotopic (exact) mass is 2180 g/mol. The highest BCUT2D eigenvalue weighted by atomic mass is 19.5. The zero-order valence-corrected chi connectivity index (χ0v) is 62.8. The maximum absolute atomic E-state index is 16.4. The lowest BCUT2D eigenvalue weighted by atomic mass is 9.86. The summed E-state index contributed by atoms with van der Waals surface area (Å²) in [6, 6.07) is -13.6. The molecule has 4 aromatic carbocycles. The van der Waals surface area contributed by atoms with E-state index in [4.69, 9.17) is 0 Å². The number of hydrogen-bond acceptors (Lipinski definition) is 2. The van der Waals surface area contributed by atoms with Crippen LogP contribution in [0.25, 0.3) is 88.6 Å².